The quantitative estimate of drug-likeness (QED) is 0.585. The Labute approximate surface area is 201 Å². The van der Waals surface area contributed by atoms with Crippen LogP contribution in [0.5, 0.6) is 0 Å². The van der Waals surface area contributed by atoms with Gasteiger partial charge in [0.25, 0.3) is 5.91 Å². The number of nitrogens with zero attached hydrogens (tertiary/aromatic N) is 2. The number of rotatable bonds is 5. The van der Waals surface area contributed by atoms with Crippen molar-refractivity contribution in [1.82, 2.24) is 15.2 Å². The molecule has 1 saturated heterocycles. The molecule has 3 amide bonds. The fourth-order valence-electron chi connectivity index (χ4n) is 4.93. The molecule has 2 aliphatic rings. The van der Waals surface area contributed by atoms with Crippen molar-refractivity contribution >= 4 is 29.2 Å². The predicted octanol–water partition coefficient (Wildman–Crippen LogP) is 5.77. The Kier molecular flexibility index (Phi) is 7.86. The molecule has 1 saturated carbocycles. The molecule has 33 heavy (non-hydrogen) atoms. The summed E-state index contributed by atoms with van der Waals surface area (Å²) < 4.78 is 0. The first kappa shape index (κ1) is 23.6. The van der Waals surface area contributed by atoms with Gasteiger partial charge in [-0.2, -0.15) is 0 Å². The molecule has 2 fully saturated rings. The third-order valence-electron chi connectivity index (χ3n) is 6.83. The summed E-state index contributed by atoms with van der Waals surface area (Å²) in [6.45, 7) is 3.95. The van der Waals surface area contributed by atoms with Crippen molar-refractivity contribution in [3.05, 3.63) is 58.4 Å². The van der Waals surface area contributed by atoms with Crippen LogP contribution in [0.25, 0.3) is 0 Å². The first-order valence-corrected chi connectivity index (χ1v) is 12.4. The molecule has 2 N–H and O–H groups in total. The lowest BCUT2D eigenvalue weighted by Gasteiger charge is -2.32. The van der Waals surface area contributed by atoms with Gasteiger partial charge < -0.3 is 15.5 Å². The van der Waals surface area contributed by atoms with Crippen LogP contribution in [0.15, 0.2) is 36.4 Å². The molecular formula is C26H33ClN4O2. The van der Waals surface area contributed by atoms with Crippen molar-refractivity contribution in [2.75, 3.05) is 25.0 Å². The van der Waals surface area contributed by atoms with Crippen LogP contribution in [-0.2, 0) is 0 Å². The number of halogens is 1. The number of likely N-dealkylation sites (tertiary alicyclic amines) is 1. The molecule has 1 aliphatic heterocycles. The van der Waals surface area contributed by atoms with E-state index in [0.717, 1.165) is 30.8 Å². The molecule has 1 aromatic heterocycles. The van der Waals surface area contributed by atoms with Gasteiger partial charge in [0.15, 0.2) is 0 Å². The van der Waals surface area contributed by atoms with Crippen LogP contribution in [0.3, 0.4) is 0 Å². The number of amides is 3. The first-order chi connectivity index (χ1) is 16.0. The monoisotopic (exact) mass is 468 g/mol. The average molecular weight is 469 g/mol. The number of urea groups is 1. The average Bonchev–Trinajstić information content (AvgIpc) is 2.83. The molecule has 0 atom stereocenters. The summed E-state index contributed by atoms with van der Waals surface area (Å²) in [4.78, 5) is 32.3. The van der Waals surface area contributed by atoms with Gasteiger partial charge in [-0.1, -0.05) is 36.9 Å². The molecule has 176 valence electrons. The minimum atomic E-state index is -0.127. The van der Waals surface area contributed by atoms with Crippen LogP contribution in [0.4, 0.5) is 10.5 Å². The smallest absolute Gasteiger partial charge is 0.321 e. The second-order valence-corrected chi connectivity index (χ2v) is 9.74. The van der Waals surface area contributed by atoms with Crippen LogP contribution in [0.2, 0.25) is 5.02 Å². The molecular weight excluding hydrogens is 436 g/mol. The number of nitrogens with one attached hydrogen (secondary N) is 2. The van der Waals surface area contributed by atoms with Crippen molar-refractivity contribution in [3.63, 3.8) is 0 Å². The Balaban J connectivity index is 1.36. The summed E-state index contributed by atoms with van der Waals surface area (Å²) in [6, 6.07) is 10.8. The van der Waals surface area contributed by atoms with E-state index in [1.807, 2.05) is 36.1 Å². The molecule has 6 nitrogen and oxygen atoms in total. The lowest BCUT2D eigenvalue weighted by Crippen LogP contribution is -2.41. The first-order valence-electron chi connectivity index (χ1n) is 12.1. The van der Waals surface area contributed by atoms with E-state index in [2.05, 4.69) is 10.6 Å². The van der Waals surface area contributed by atoms with Crippen molar-refractivity contribution in [1.29, 1.82) is 0 Å². The number of anilines is 1. The van der Waals surface area contributed by atoms with E-state index in [0.29, 0.717) is 35.3 Å². The zero-order valence-corrected chi connectivity index (χ0v) is 20.0. The Morgan fingerprint density at radius 2 is 1.82 bits per heavy atom. The minimum Gasteiger partial charge on any atom is -0.352 e. The van der Waals surface area contributed by atoms with E-state index >= 15 is 0 Å². The maximum Gasteiger partial charge on any atom is 0.321 e. The predicted molar refractivity (Wildman–Crippen MR) is 132 cm³/mol. The van der Waals surface area contributed by atoms with Gasteiger partial charge in [0.2, 0.25) is 0 Å². The summed E-state index contributed by atoms with van der Waals surface area (Å²) in [5.74, 6) is 0.727. The second-order valence-electron chi connectivity index (χ2n) is 9.30. The van der Waals surface area contributed by atoms with Gasteiger partial charge in [0.05, 0.1) is 11.3 Å². The summed E-state index contributed by atoms with van der Waals surface area (Å²) >= 11 is 6.02. The van der Waals surface area contributed by atoms with Gasteiger partial charge >= 0.3 is 6.03 Å². The van der Waals surface area contributed by atoms with E-state index in [1.54, 1.807) is 12.1 Å². The van der Waals surface area contributed by atoms with Gasteiger partial charge in [-0.25, -0.2) is 4.79 Å². The highest BCUT2D eigenvalue weighted by molar-refractivity contribution is 6.30. The Bertz CT molecular complexity index is 982. The van der Waals surface area contributed by atoms with Crippen molar-refractivity contribution in [2.45, 2.75) is 57.8 Å². The maximum atomic E-state index is 13.0. The summed E-state index contributed by atoms with van der Waals surface area (Å²) in [5.41, 5.74) is 3.14. The van der Waals surface area contributed by atoms with Gasteiger partial charge in [0, 0.05) is 42.0 Å². The highest BCUT2D eigenvalue weighted by Crippen LogP contribution is 2.30. The minimum absolute atomic E-state index is 0.0239. The molecule has 0 bridgehead atoms. The molecule has 2 heterocycles. The fraction of sp³-hybridized carbons (Fsp3) is 0.500. The third-order valence-corrected chi connectivity index (χ3v) is 7.06. The number of hydrogen-bond donors (Lipinski definition) is 2. The fourth-order valence-corrected chi connectivity index (χ4v) is 5.12. The van der Waals surface area contributed by atoms with Crippen LogP contribution in [-0.4, -0.2) is 41.5 Å². The molecule has 2 aromatic rings. The Hall–Kier alpha value is -2.60. The normalized spacial score (nSPS) is 17.6. The lowest BCUT2D eigenvalue weighted by molar-refractivity contribution is 0.0940. The van der Waals surface area contributed by atoms with Crippen LogP contribution < -0.4 is 10.6 Å². The van der Waals surface area contributed by atoms with E-state index in [-0.39, 0.29) is 17.9 Å². The highest BCUT2D eigenvalue weighted by atomic mass is 35.5. The number of piperidine rings is 1. The van der Waals surface area contributed by atoms with Gasteiger partial charge in [-0.3, -0.25) is 9.78 Å². The standard InChI is InChI=1S/C26H33ClN4O2/c1-18-10-11-23(25(32)28-17-19-6-3-2-4-7-19)24(29-18)20-12-14-31(15-13-20)26(33)30-22-9-5-8-21(27)16-22/h5,8-11,16,19-20H,2-4,6-7,12-15,17H2,1H3,(H,28,32)(H,30,33). The number of aryl methyl sites for hydroxylation is 1. The van der Waals surface area contributed by atoms with Crippen LogP contribution >= 0.6 is 11.6 Å². The molecule has 0 unspecified atom stereocenters. The van der Waals surface area contributed by atoms with E-state index in [1.165, 1.54) is 32.1 Å². The zero-order valence-electron chi connectivity index (χ0n) is 19.3. The van der Waals surface area contributed by atoms with Crippen molar-refractivity contribution < 1.29 is 9.59 Å². The molecule has 0 spiro atoms. The molecule has 1 aromatic carbocycles. The SMILES string of the molecule is Cc1ccc(C(=O)NCC2CCCCC2)c(C2CCN(C(=O)Nc3cccc(Cl)c3)CC2)n1. The zero-order chi connectivity index (χ0) is 23.2. The topological polar surface area (TPSA) is 74.3 Å². The van der Waals surface area contributed by atoms with Crippen molar-refractivity contribution in [3.8, 4) is 0 Å². The molecule has 1 aliphatic carbocycles. The Morgan fingerprint density at radius 1 is 1.06 bits per heavy atom. The van der Waals surface area contributed by atoms with E-state index < -0.39 is 0 Å². The Morgan fingerprint density at radius 3 is 2.55 bits per heavy atom. The summed E-state index contributed by atoms with van der Waals surface area (Å²) in [6.07, 6.45) is 7.81. The van der Waals surface area contributed by atoms with E-state index in [4.69, 9.17) is 16.6 Å². The second kappa shape index (κ2) is 11.0. The summed E-state index contributed by atoms with van der Waals surface area (Å²) in [7, 11) is 0. The summed E-state index contributed by atoms with van der Waals surface area (Å²) in [5, 5.41) is 6.67. The molecule has 4 rings (SSSR count). The van der Waals surface area contributed by atoms with Crippen molar-refractivity contribution in [2.24, 2.45) is 5.92 Å². The maximum absolute atomic E-state index is 13.0. The van der Waals surface area contributed by atoms with Crippen LogP contribution in [0.1, 0.15) is 72.6 Å². The van der Waals surface area contributed by atoms with E-state index in [9.17, 15) is 9.59 Å². The van der Waals surface area contributed by atoms with Gasteiger partial charge in [-0.05, 0) is 68.9 Å². The number of carbonyl (C=O) groups excluding carboxylic acids is 2. The third kappa shape index (κ3) is 6.26. The number of hydrogen-bond acceptors (Lipinski definition) is 3. The van der Waals surface area contributed by atoms with Gasteiger partial charge in [-0.15, -0.1) is 0 Å². The number of carbonyl (C=O) groups is 2. The highest BCUT2D eigenvalue weighted by Gasteiger charge is 2.28. The van der Waals surface area contributed by atoms with Gasteiger partial charge in [0.1, 0.15) is 0 Å². The molecule has 0 radical (unpaired) electrons. The number of benzene rings is 1. The number of aromatic nitrogens is 1. The largest absolute Gasteiger partial charge is 0.352 e. The van der Waals surface area contributed by atoms with Crippen LogP contribution in [0, 0.1) is 12.8 Å². The lowest BCUT2D eigenvalue weighted by atomic mass is 9.88. The molecule has 7 heteroatoms. The number of pyridine rings is 1.